The van der Waals surface area contributed by atoms with Crippen molar-refractivity contribution in [1.29, 1.82) is 0 Å². The molecule has 2 aromatic heterocycles. The predicted molar refractivity (Wildman–Crippen MR) is 88.1 cm³/mol. The van der Waals surface area contributed by atoms with E-state index in [0.29, 0.717) is 12.1 Å². The Morgan fingerprint density at radius 1 is 1.05 bits per heavy atom. The third kappa shape index (κ3) is 3.12. The molecule has 1 atom stereocenters. The average Bonchev–Trinajstić information content (AvgIpc) is 3.01. The first-order valence-corrected chi connectivity index (χ1v) is 9.46. The second-order valence-corrected chi connectivity index (χ2v) is 7.73. The van der Waals surface area contributed by atoms with E-state index in [1.807, 2.05) is 12.4 Å². The van der Waals surface area contributed by atoms with Crippen molar-refractivity contribution >= 4 is 27.8 Å². The fraction of sp³-hybridized carbons (Fsp3) is 0.600. The van der Waals surface area contributed by atoms with E-state index in [-0.39, 0.29) is 0 Å². The molecule has 0 amide bonds. The molecule has 6 heteroatoms. The highest BCUT2D eigenvalue weighted by atomic mass is 32.1. The van der Waals surface area contributed by atoms with Gasteiger partial charge in [-0.1, -0.05) is 0 Å². The third-order valence-corrected chi connectivity index (χ3v) is 6.10. The monoisotopic (exact) mass is 320 g/mol. The van der Waals surface area contributed by atoms with Gasteiger partial charge in [-0.3, -0.25) is 0 Å². The van der Waals surface area contributed by atoms with Crippen LogP contribution in [0.15, 0.2) is 23.2 Å². The molecule has 2 aliphatic rings. The van der Waals surface area contributed by atoms with E-state index in [1.54, 1.807) is 22.7 Å². The number of thiazole rings is 2. The molecule has 2 aromatic rings. The zero-order chi connectivity index (χ0) is 14.1. The highest BCUT2D eigenvalue weighted by Crippen LogP contribution is 2.42. The summed E-state index contributed by atoms with van der Waals surface area (Å²) in [5.41, 5.74) is 0. The number of anilines is 1. The van der Waals surface area contributed by atoms with Crippen LogP contribution in [0.3, 0.4) is 0 Å². The number of nitrogens with one attached hydrogen (secondary N) is 1. The van der Waals surface area contributed by atoms with Gasteiger partial charge in [0.2, 0.25) is 0 Å². The van der Waals surface area contributed by atoms with Crippen molar-refractivity contribution in [3.05, 3.63) is 28.2 Å². The highest BCUT2D eigenvalue weighted by molar-refractivity contribution is 7.13. The lowest BCUT2D eigenvalue weighted by atomic mass is 10.0. The number of hydrogen-bond acceptors (Lipinski definition) is 6. The van der Waals surface area contributed by atoms with Gasteiger partial charge in [0.25, 0.3) is 0 Å². The Morgan fingerprint density at radius 2 is 1.81 bits per heavy atom. The van der Waals surface area contributed by atoms with Crippen molar-refractivity contribution in [3.8, 4) is 0 Å². The van der Waals surface area contributed by atoms with Gasteiger partial charge >= 0.3 is 0 Å². The van der Waals surface area contributed by atoms with Crippen LogP contribution >= 0.6 is 22.7 Å². The summed E-state index contributed by atoms with van der Waals surface area (Å²) in [7, 11) is 0. The Labute approximate surface area is 133 Å². The summed E-state index contributed by atoms with van der Waals surface area (Å²) in [5.74, 6) is 0.813. The summed E-state index contributed by atoms with van der Waals surface area (Å²) in [4.78, 5) is 11.4. The largest absolute Gasteiger partial charge is 0.348 e. The lowest BCUT2D eigenvalue weighted by molar-refractivity contribution is 0.349. The van der Waals surface area contributed by atoms with Gasteiger partial charge in [-0.2, -0.15) is 0 Å². The molecular formula is C15H20N4S2. The first-order chi connectivity index (χ1) is 10.4. The van der Waals surface area contributed by atoms with Crippen LogP contribution < -0.4 is 10.2 Å². The molecule has 1 aliphatic heterocycles. The maximum Gasteiger partial charge on any atom is 0.185 e. The van der Waals surface area contributed by atoms with Crippen LogP contribution in [0.1, 0.15) is 36.7 Å². The van der Waals surface area contributed by atoms with Gasteiger partial charge in [-0.05, 0) is 31.6 Å². The van der Waals surface area contributed by atoms with Crippen LogP contribution in [-0.2, 0) is 0 Å². The second kappa shape index (κ2) is 6.02. The molecule has 3 heterocycles. The van der Waals surface area contributed by atoms with Gasteiger partial charge in [0, 0.05) is 42.3 Å². The predicted octanol–water partition coefficient (Wildman–Crippen LogP) is 3.31. The number of nitrogens with zero attached hydrogens (tertiary/aromatic N) is 3. The zero-order valence-corrected chi connectivity index (χ0v) is 13.6. The van der Waals surface area contributed by atoms with Gasteiger partial charge in [-0.15, -0.1) is 22.7 Å². The van der Waals surface area contributed by atoms with Crippen molar-refractivity contribution in [3.63, 3.8) is 0 Å². The van der Waals surface area contributed by atoms with Gasteiger partial charge in [-0.25, -0.2) is 9.97 Å². The van der Waals surface area contributed by atoms with Crippen molar-refractivity contribution in [2.24, 2.45) is 5.92 Å². The van der Waals surface area contributed by atoms with E-state index >= 15 is 0 Å². The maximum absolute atomic E-state index is 4.54. The molecule has 0 spiro atoms. The fourth-order valence-corrected chi connectivity index (χ4v) is 4.58. The summed E-state index contributed by atoms with van der Waals surface area (Å²) in [6.07, 6.45) is 8.95. The van der Waals surface area contributed by atoms with Crippen molar-refractivity contribution in [2.75, 3.05) is 18.0 Å². The maximum atomic E-state index is 4.54. The SMILES string of the molecule is c1csc(C(NC2CCN(c3nccs3)CC2)C2CC2)n1. The minimum absolute atomic E-state index is 0.487. The quantitative estimate of drug-likeness (QED) is 0.917. The molecule has 1 aliphatic carbocycles. The van der Waals surface area contributed by atoms with Crippen LogP contribution in [0.2, 0.25) is 0 Å². The molecule has 1 saturated carbocycles. The first kappa shape index (κ1) is 13.7. The van der Waals surface area contributed by atoms with Gasteiger partial charge in [0.05, 0.1) is 6.04 Å². The Hall–Kier alpha value is -0.980. The van der Waals surface area contributed by atoms with Crippen LogP contribution in [0.25, 0.3) is 0 Å². The summed E-state index contributed by atoms with van der Waals surface area (Å²) < 4.78 is 0. The Morgan fingerprint density at radius 3 is 2.43 bits per heavy atom. The minimum Gasteiger partial charge on any atom is -0.348 e. The van der Waals surface area contributed by atoms with E-state index in [2.05, 4.69) is 30.9 Å². The number of rotatable bonds is 5. The molecule has 4 nitrogen and oxygen atoms in total. The van der Waals surface area contributed by atoms with Crippen LogP contribution in [-0.4, -0.2) is 29.1 Å². The van der Waals surface area contributed by atoms with Crippen LogP contribution in [0.5, 0.6) is 0 Å². The number of aromatic nitrogens is 2. The molecule has 1 saturated heterocycles. The van der Waals surface area contributed by atoms with E-state index in [4.69, 9.17) is 0 Å². The van der Waals surface area contributed by atoms with E-state index in [9.17, 15) is 0 Å². The lowest BCUT2D eigenvalue weighted by Crippen LogP contribution is -2.44. The zero-order valence-electron chi connectivity index (χ0n) is 11.9. The molecule has 0 bridgehead atoms. The topological polar surface area (TPSA) is 41.0 Å². The standard InChI is InChI=1S/C15H20N4S2/c1-2-11(1)13(14-16-5-9-20-14)18-12-3-7-19(8-4-12)15-17-6-10-21-15/h5-6,9-13,18H,1-4,7-8H2. The van der Waals surface area contributed by atoms with E-state index < -0.39 is 0 Å². The molecule has 1 N–H and O–H groups in total. The van der Waals surface area contributed by atoms with Gasteiger partial charge in [0.1, 0.15) is 5.01 Å². The number of hydrogen-bond donors (Lipinski definition) is 1. The summed E-state index contributed by atoms with van der Waals surface area (Å²) >= 11 is 3.54. The summed E-state index contributed by atoms with van der Waals surface area (Å²) in [5, 5.41) is 10.5. The minimum atomic E-state index is 0.487. The molecule has 112 valence electrons. The van der Waals surface area contributed by atoms with Crippen LogP contribution in [0, 0.1) is 5.92 Å². The molecule has 21 heavy (non-hydrogen) atoms. The molecule has 0 aromatic carbocycles. The average molecular weight is 320 g/mol. The summed E-state index contributed by atoms with van der Waals surface area (Å²) in [6, 6.07) is 1.11. The Bertz CT molecular complexity index is 542. The van der Waals surface area contributed by atoms with Crippen LogP contribution in [0.4, 0.5) is 5.13 Å². The third-order valence-electron chi connectivity index (χ3n) is 4.41. The van der Waals surface area contributed by atoms with E-state index in [1.165, 1.54) is 35.8 Å². The second-order valence-electron chi connectivity index (χ2n) is 5.93. The molecule has 2 fully saturated rings. The van der Waals surface area contributed by atoms with E-state index in [0.717, 1.165) is 19.0 Å². The van der Waals surface area contributed by atoms with Gasteiger partial charge in [0.15, 0.2) is 5.13 Å². The molecule has 4 rings (SSSR count). The lowest BCUT2D eigenvalue weighted by Gasteiger charge is -2.34. The highest BCUT2D eigenvalue weighted by Gasteiger charge is 2.35. The van der Waals surface area contributed by atoms with Crippen molar-refractivity contribution in [2.45, 2.75) is 37.8 Å². The smallest absolute Gasteiger partial charge is 0.185 e. The molecule has 0 radical (unpaired) electrons. The molecular weight excluding hydrogens is 300 g/mol. The number of piperidine rings is 1. The molecule has 1 unspecified atom stereocenters. The normalized spacial score (nSPS) is 21.6. The fourth-order valence-electron chi connectivity index (χ4n) is 3.09. The Balaban J connectivity index is 1.35. The summed E-state index contributed by atoms with van der Waals surface area (Å²) in [6.45, 7) is 2.22. The van der Waals surface area contributed by atoms with Gasteiger partial charge < -0.3 is 10.2 Å². The Kier molecular flexibility index (Phi) is 3.92. The first-order valence-electron chi connectivity index (χ1n) is 7.70. The van der Waals surface area contributed by atoms with Crippen molar-refractivity contribution in [1.82, 2.24) is 15.3 Å². The van der Waals surface area contributed by atoms with Crippen molar-refractivity contribution < 1.29 is 0 Å².